The first-order chi connectivity index (χ1) is 8.29. The zero-order valence-corrected chi connectivity index (χ0v) is 9.30. The molecule has 0 amide bonds. The lowest BCUT2D eigenvalue weighted by atomic mass is 10.1. The molecule has 5 nitrogen and oxygen atoms in total. The number of rotatable bonds is 4. The summed E-state index contributed by atoms with van der Waals surface area (Å²) in [6.07, 6.45) is 0. The largest absolute Gasteiger partial charge is 0.395 e. The molecule has 2 aromatic rings. The van der Waals surface area contributed by atoms with Gasteiger partial charge >= 0.3 is 0 Å². The number of aromatic nitrogens is 2. The van der Waals surface area contributed by atoms with Gasteiger partial charge < -0.3 is 16.2 Å². The molecule has 0 fully saturated rings. The number of aliphatic hydroxyl groups is 1. The molecule has 17 heavy (non-hydrogen) atoms. The van der Waals surface area contributed by atoms with Gasteiger partial charge in [-0.25, -0.2) is 4.98 Å². The monoisotopic (exact) mass is 230 g/mol. The summed E-state index contributed by atoms with van der Waals surface area (Å²) in [6.45, 7) is 0.481. The maximum Gasteiger partial charge on any atom is 0.222 e. The molecular weight excluding hydrogens is 216 g/mol. The van der Waals surface area contributed by atoms with Crippen LogP contribution in [0.15, 0.2) is 36.4 Å². The fourth-order valence-electron chi connectivity index (χ4n) is 1.50. The van der Waals surface area contributed by atoms with Gasteiger partial charge in [0.1, 0.15) is 5.82 Å². The Morgan fingerprint density at radius 2 is 1.94 bits per heavy atom. The van der Waals surface area contributed by atoms with Crippen molar-refractivity contribution in [3.05, 3.63) is 36.4 Å². The van der Waals surface area contributed by atoms with Gasteiger partial charge in [-0.05, 0) is 0 Å². The topological polar surface area (TPSA) is 84.1 Å². The summed E-state index contributed by atoms with van der Waals surface area (Å²) in [7, 11) is 0. The minimum atomic E-state index is 0.0462. The molecule has 0 bridgehead atoms. The van der Waals surface area contributed by atoms with Gasteiger partial charge in [-0.15, -0.1) is 0 Å². The highest BCUT2D eigenvalue weighted by Gasteiger charge is 2.03. The van der Waals surface area contributed by atoms with Crippen molar-refractivity contribution in [3.8, 4) is 11.3 Å². The summed E-state index contributed by atoms with van der Waals surface area (Å²) in [4.78, 5) is 8.22. The molecular formula is C12H14N4O. The average Bonchev–Trinajstić information content (AvgIpc) is 2.37. The Labute approximate surface area is 99.3 Å². The summed E-state index contributed by atoms with van der Waals surface area (Å²) in [5.41, 5.74) is 7.39. The average molecular weight is 230 g/mol. The number of nitrogens with two attached hydrogens (primary N) is 1. The summed E-state index contributed by atoms with van der Waals surface area (Å²) in [6, 6.07) is 11.5. The van der Waals surface area contributed by atoms with E-state index in [0.29, 0.717) is 12.4 Å². The molecule has 1 aromatic carbocycles. The molecule has 88 valence electrons. The molecule has 0 aliphatic rings. The van der Waals surface area contributed by atoms with Crippen LogP contribution in [0, 0.1) is 0 Å². The van der Waals surface area contributed by atoms with Crippen molar-refractivity contribution in [2.24, 2.45) is 0 Å². The van der Waals surface area contributed by atoms with E-state index >= 15 is 0 Å². The molecule has 0 spiro atoms. The van der Waals surface area contributed by atoms with Crippen molar-refractivity contribution < 1.29 is 5.11 Å². The summed E-state index contributed by atoms with van der Waals surface area (Å²) < 4.78 is 0. The standard InChI is InChI=1S/C12H14N4O/c13-12-15-10(9-4-2-1-3-5-9)8-11(16-12)14-6-7-17/h1-5,8,17H,6-7H2,(H3,13,14,15,16). The molecule has 0 aliphatic carbocycles. The van der Waals surface area contributed by atoms with E-state index in [-0.39, 0.29) is 12.6 Å². The number of hydrogen-bond donors (Lipinski definition) is 3. The minimum absolute atomic E-state index is 0.0462. The summed E-state index contributed by atoms with van der Waals surface area (Å²) >= 11 is 0. The van der Waals surface area contributed by atoms with E-state index in [1.165, 1.54) is 0 Å². The number of aliphatic hydroxyl groups excluding tert-OH is 1. The Kier molecular flexibility index (Phi) is 3.52. The third kappa shape index (κ3) is 2.92. The second-order valence-corrected chi connectivity index (χ2v) is 3.51. The molecule has 1 heterocycles. The quantitative estimate of drug-likeness (QED) is 0.733. The number of nitrogens with one attached hydrogen (secondary N) is 1. The third-order valence-corrected chi connectivity index (χ3v) is 2.23. The van der Waals surface area contributed by atoms with E-state index in [4.69, 9.17) is 10.8 Å². The van der Waals surface area contributed by atoms with Crippen LogP contribution in [0.25, 0.3) is 11.3 Å². The molecule has 0 saturated carbocycles. The second kappa shape index (κ2) is 5.27. The smallest absolute Gasteiger partial charge is 0.222 e. The van der Waals surface area contributed by atoms with Crippen molar-refractivity contribution in [1.29, 1.82) is 0 Å². The highest BCUT2D eigenvalue weighted by Crippen LogP contribution is 2.19. The molecule has 1 aromatic heterocycles. The van der Waals surface area contributed by atoms with Crippen molar-refractivity contribution in [3.63, 3.8) is 0 Å². The molecule has 5 heteroatoms. The first-order valence-corrected chi connectivity index (χ1v) is 5.34. The van der Waals surface area contributed by atoms with Crippen LogP contribution in [0.2, 0.25) is 0 Å². The van der Waals surface area contributed by atoms with Crippen molar-refractivity contribution >= 4 is 11.8 Å². The van der Waals surface area contributed by atoms with Crippen LogP contribution in [0.4, 0.5) is 11.8 Å². The van der Waals surface area contributed by atoms with Gasteiger partial charge in [0, 0.05) is 18.2 Å². The van der Waals surface area contributed by atoms with E-state index in [1.807, 2.05) is 30.3 Å². The molecule has 0 radical (unpaired) electrons. The lowest BCUT2D eigenvalue weighted by Crippen LogP contribution is -2.09. The molecule has 0 unspecified atom stereocenters. The van der Waals surface area contributed by atoms with Crippen LogP contribution in [0.5, 0.6) is 0 Å². The van der Waals surface area contributed by atoms with Crippen LogP contribution >= 0.6 is 0 Å². The van der Waals surface area contributed by atoms with E-state index < -0.39 is 0 Å². The van der Waals surface area contributed by atoms with Crippen molar-refractivity contribution in [1.82, 2.24) is 9.97 Å². The predicted molar refractivity (Wildman–Crippen MR) is 67.5 cm³/mol. The number of nitrogen functional groups attached to an aromatic ring is 1. The van der Waals surface area contributed by atoms with Gasteiger partial charge in [0.05, 0.1) is 12.3 Å². The van der Waals surface area contributed by atoms with Crippen LogP contribution in [0.3, 0.4) is 0 Å². The van der Waals surface area contributed by atoms with Crippen LogP contribution < -0.4 is 11.1 Å². The fraction of sp³-hybridized carbons (Fsp3) is 0.167. The molecule has 0 saturated heterocycles. The van der Waals surface area contributed by atoms with Gasteiger partial charge in [-0.1, -0.05) is 30.3 Å². The summed E-state index contributed by atoms with van der Waals surface area (Å²) in [5.74, 6) is 0.831. The summed E-state index contributed by atoms with van der Waals surface area (Å²) in [5, 5.41) is 11.7. The Bertz CT molecular complexity index is 487. The SMILES string of the molecule is Nc1nc(NCCO)cc(-c2ccccc2)n1. The van der Waals surface area contributed by atoms with Gasteiger partial charge in [0.2, 0.25) is 5.95 Å². The van der Waals surface area contributed by atoms with Crippen molar-refractivity contribution in [2.45, 2.75) is 0 Å². The first-order valence-electron chi connectivity index (χ1n) is 5.34. The Morgan fingerprint density at radius 3 is 2.65 bits per heavy atom. The van der Waals surface area contributed by atoms with E-state index in [0.717, 1.165) is 11.3 Å². The highest BCUT2D eigenvalue weighted by atomic mass is 16.3. The Morgan fingerprint density at radius 1 is 1.18 bits per heavy atom. The fourth-order valence-corrected chi connectivity index (χ4v) is 1.50. The lowest BCUT2D eigenvalue weighted by molar-refractivity contribution is 0.311. The van der Waals surface area contributed by atoms with Gasteiger partial charge in [-0.2, -0.15) is 4.98 Å². The number of nitrogens with zero attached hydrogens (tertiary/aromatic N) is 2. The molecule has 0 atom stereocenters. The van der Waals surface area contributed by atoms with Crippen molar-refractivity contribution in [2.75, 3.05) is 24.2 Å². The second-order valence-electron chi connectivity index (χ2n) is 3.51. The van der Waals surface area contributed by atoms with Crippen LogP contribution in [-0.4, -0.2) is 28.2 Å². The van der Waals surface area contributed by atoms with E-state index in [2.05, 4.69) is 15.3 Å². The zero-order valence-electron chi connectivity index (χ0n) is 9.30. The maximum atomic E-state index is 8.75. The van der Waals surface area contributed by atoms with Crippen LogP contribution in [-0.2, 0) is 0 Å². The number of anilines is 2. The maximum absolute atomic E-state index is 8.75. The Hall–Kier alpha value is -2.14. The normalized spacial score (nSPS) is 10.2. The van der Waals surface area contributed by atoms with Crippen LogP contribution in [0.1, 0.15) is 0 Å². The highest BCUT2D eigenvalue weighted by molar-refractivity contribution is 5.63. The van der Waals surface area contributed by atoms with Gasteiger partial charge in [0.25, 0.3) is 0 Å². The number of benzene rings is 1. The predicted octanol–water partition coefficient (Wildman–Crippen LogP) is 1.13. The molecule has 0 aliphatic heterocycles. The third-order valence-electron chi connectivity index (χ3n) is 2.23. The minimum Gasteiger partial charge on any atom is -0.395 e. The van der Waals surface area contributed by atoms with E-state index in [9.17, 15) is 0 Å². The zero-order chi connectivity index (χ0) is 12.1. The molecule has 4 N–H and O–H groups in total. The first kappa shape index (κ1) is 11.3. The van der Waals surface area contributed by atoms with E-state index in [1.54, 1.807) is 6.07 Å². The van der Waals surface area contributed by atoms with Gasteiger partial charge in [0.15, 0.2) is 0 Å². The van der Waals surface area contributed by atoms with Gasteiger partial charge in [-0.3, -0.25) is 0 Å². The molecule has 2 rings (SSSR count). The Balaban J connectivity index is 2.32. The lowest BCUT2D eigenvalue weighted by Gasteiger charge is -2.07. The number of hydrogen-bond acceptors (Lipinski definition) is 5.